The third-order valence-corrected chi connectivity index (χ3v) is 2.31. The molecule has 0 aliphatic carbocycles. The number of hydrogen-bond donors (Lipinski definition) is 1. The highest BCUT2D eigenvalue weighted by Crippen LogP contribution is 1.96. The van der Waals surface area contributed by atoms with E-state index < -0.39 is 0 Å². The molecule has 0 aromatic carbocycles. The van der Waals surface area contributed by atoms with Gasteiger partial charge in [-0.25, -0.2) is 0 Å². The van der Waals surface area contributed by atoms with Gasteiger partial charge in [-0.05, 0) is 26.7 Å². The maximum atomic E-state index is 11.4. The molecule has 3 nitrogen and oxygen atoms in total. The molecule has 0 radical (unpaired) electrons. The maximum Gasteiger partial charge on any atom is 0.236 e. The predicted molar refractivity (Wildman–Crippen MR) is 60.2 cm³/mol. The fourth-order valence-corrected chi connectivity index (χ4v) is 1.04. The average Bonchev–Trinajstić information content (AvgIpc) is 2.21. The molecular weight excluding hydrogens is 176 g/mol. The molecule has 0 saturated carbocycles. The van der Waals surface area contributed by atoms with E-state index in [-0.39, 0.29) is 5.91 Å². The molecule has 0 heterocycles. The molecule has 1 N–H and O–H groups in total. The van der Waals surface area contributed by atoms with Crippen molar-refractivity contribution < 1.29 is 4.79 Å². The lowest BCUT2D eigenvalue weighted by atomic mass is 10.2. The fraction of sp³-hybridized carbons (Fsp3) is 0.727. The van der Waals surface area contributed by atoms with E-state index in [4.69, 9.17) is 0 Å². The molecule has 14 heavy (non-hydrogen) atoms. The Morgan fingerprint density at radius 3 is 2.79 bits per heavy atom. The highest BCUT2D eigenvalue weighted by atomic mass is 16.2. The van der Waals surface area contributed by atoms with E-state index in [9.17, 15) is 4.79 Å². The van der Waals surface area contributed by atoms with Crippen LogP contribution in [0.25, 0.3) is 0 Å². The second-order valence-electron chi connectivity index (χ2n) is 3.56. The van der Waals surface area contributed by atoms with E-state index in [0.29, 0.717) is 12.6 Å². The van der Waals surface area contributed by atoms with Gasteiger partial charge in [-0.1, -0.05) is 6.08 Å². The summed E-state index contributed by atoms with van der Waals surface area (Å²) in [5.41, 5.74) is 0. The minimum atomic E-state index is 0.151. The van der Waals surface area contributed by atoms with Gasteiger partial charge in [-0.3, -0.25) is 4.79 Å². The molecule has 0 aromatic rings. The number of carbonyl (C=O) groups excluding carboxylic acids is 1. The van der Waals surface area contributed by atoms with E-state index in [1.54, 1.807) is 4.90 Å². The summed E-state index contributed by atoms with van der Waals surface area (Å²) in [6.45, 7) is 8.92. The van der Waals surface area contributed by atoms with E-state index >= 15 is 0 Å². The van der Waals surface area contributed by atoms with Crippen molar-refractivity contribution in [3.05, 3.63) is 12.7 Å². The molecule has 3 heteroatoms. The molecule has 1 amide bonds. The van der Waals surface area contributed by atoms with Crippen molar-refractivity contribution in [2.75, 3.05) is 20.1 Å². The molecular formula is C11H22N2O. The lowest BCUT2D eigenvalue weighted by molar-refractivity contribution is -0.128. The average molecular weight is 198 g/mol. The normalized spacial score (nSPS) is 12.2. The summed E-state index contributed by atoms with van der Waals surface area (Å²) >= 11 is 0. The lowest BCUT2D eigenvalue weighted by Gasteiger charge is -2.17. The van der Waals surface area contributed by atoms with Crippen LogP contribution < -0.4 is 5.32 Å². The number of likely N-dealkylation sites (N-methyl/N-ethyl adjacent to an activating group) is 1. The number of rotatable bonds is 7. The zero-order chi connectivity index (χ0) is 11.0. The zero-order valence-corrected chi connectivity index (χ0v) is 9.55. The van der Waals surface area contributed by atoms with Crippen LogP contribution in [0.15, 0.2) is 12.7 Å². The molecule has 0 rings (SSSR count). The van der Waals surface area contributed by atoms with Gasteiger partial charge in [0, 0.05) is 19.6 Å². The van der Waals surface area contributed by atoms with Gasteiger partial charge < -0.3 is 10.2 Å². The van der Waals surface area contributed by atoms with Crippen LogP contribution in [0, 0.1) is 0 Å². The van der Waals surface area contributed by atoms with E-state index in [0.717, 1.165) is 19.4 Å². The van der Waals surface area contributed by atoms with Crippen molar-refractivity contribution >= 4 is 5.91 Å². The Kier molecular flexibility index (Phi) is 7.11. The molecule has 0 bridgehead atoms. The monoisotopic (exact) mass is 198 g/mol. The zero-order valence-electron chi connectivity index (χ0n) is 9.55. The molecule has 1 atom stereocenters. The summed E-state index contributed by atoms with van der Waals surface area (Å²) in [5.74, 6) is 0.151. The third-order valence-electron chi connectivity index (χ3n) is 2.31. The second-order valence-corrected chi connectivity index (χ2v) is 3.56. The summed E-state index contributed by atoms with van der Waals surface area (Å²) in [5, 5.41) is 3.19. The number of nitrogens with one attached hydrogen (secondary N) is 1. The first-order valence-corrected chi connectivity index (χ1v) is 5.20. The number of allylic oxidation sites excluding steroid dienone is 1. The Hall–Kier alpha value is -0.830. The topological polar surface area (TPSA) is 32.3 Å². The van der Waals surface area contributed by atoms with Gasteiger partial charge >= 0.3 is 0 Å². The molecule has 0 aromatic heterocycles. The van der Waals surface area contributed by atoms with Crippen LogP contribution in [-0.4, -0.2) is 37.0 Å². The van der Waals surface area contributed by atoms with Crippen molar-refractivity contribution in [1.29, 1.82) is 0 Å². The molecule has 1 unspecified atom stereocenters. The number of carbonyl (C=O) groups is 1. The lowest BCUT2D eigenvalue weighted by Crippen LogP contribution is -2.38. The SMILES string of the molecule is C=CCCC(C)NCC(=O)N(C)CC. The van der Waals surface area contributed by atoms with Crippen LogP contribution in [-0.2, 0) is 4.79 Å². The number of hydrogen-bond acceptors (Lipinski definition) is 2. The van der Waals surface area contributed by atoms with Crippen LogP contribution in [0.5, 0.6) is 0 Å². The van der Waals surface area contributed by atoms with Gasteiger partial charge in [0.25, 0.3) is 0 Å². The van der Waals surface area contributed by atoms with Crippen LogP contribution in [0.3, 0.4) is 0 Å². The first-order valence-electron chi connectivity index (χ1n) is 5.20. The van der Waals surface area contributed by atoms with Gasteiger partial charge in [0.05, 0.1) is 6.54 Å². The van der Waals surface area contributed by atoms with Gasteiger partial charge in [0.15, 0.2) is 0 Å². The Bertz CT molecular complexity index is 180. The quantitative estimate of drug-likeness (QED) is 0.627. The minimum absolute atomic E-state index is 0.151. The summed E-state index contributed by atoms with van der Waals surface area (Å²) < 4.78 is 0. The Morgan fingerprint density at radius 2 is 2.29 bits per heavy atom. The largest absolute Gasteiger partial charge is 0.345 e. The van der Waals surface area contributed by atoms with Gasteiger partial charge in [-0.15, -0.1) is 6.58 Å². The maximum absolute atomic E-state index is 11.4. The summed E-state index contributed by atoms with van der Waals surface area (Å²) in [6.07, 6.45) is 3.93. The molecule has 0 fully saturated rings. The van der Waals surface area contributed by atoms with E-state index in [2.05, 4.69) is 18.8 Å². The Balaban J connectivity index is 3.60. The Labute approximate surface area is 87.2 Å². The summed E-state index contributed by atoms with van der Waals surface area (Å²) in [6, 6.07) is 0.377. The van der Waals surface area contributed by atoms with Crippen LogP contribution in [0.1, 0.15) is 26.7 Å². The minimum Gasteiger partial charge on any atom is -0.345 e. The van der Waals surface area contributed by atoms with Gasteiger partial charge in [0.2, 0.25) is 5.91 Å². The van der Waals surface area contributed by atoms with Crippen molar-refractivity contribution in [3.8, 4) is 0 Å². The highest BCUT2D eigenvalue weighted by molar-refractivity contribution is 5.77. The fourth-order valence-electron chi connectivity index (χ4n) is 1.04. The highest BCUT2D eigenvalue weighted by Gasteiger charge is 2.07. The van der Waals surface area contributed by atoms with Crippen LogP contribution >= 0.6 is 0 Å². The van der Waals surface area contributed by atoms with Crippen molar-refractivity contribution in [1.82, 2.24) is 10.2 Å². The molecule has 0 aliphatic heterocycles. The van der Waals surface area contributed by atoms with Crippen LogP contribution in [0.4, 0.5) is 0 Å². The molecule has 0 spiro atoms. The smallest absolute Gasteiger partial charge is 0.236 e. The summed E-state index contributed by atoms with van der Waals surface area (Å²) in [4.78, 5) is 13.1. The molecule has 82 valence electrons. The first kappa shape index (κ1) is 13.2. The first-order chi connectivity index (χ1) is 6.61. The predicted octanol–water partition coefficient (Wildman–Crippen LogP) is 1.41. The van der Waals surface area contributed by atoms with E-state index in [1.165, 1.54) is 0 Å². The van der Waals surface area contributed by atoms with E-state index in [1.807, 2.05) is 20.0 Å². The van der Waals surface area contributed by atoms with Gasteiger partial charge in [0.1, 0.15) is 0 Å². The van der Waals surface area contributed by atoms with Crippen molar-refractivity contribution in [3.63, 3.8) is 0 Å². The molecule has 0 aliphatic rings. The molecule has 0 saturated heterocycles. The Morgan fingerprint density at radius 1 is 1.64 bits per heavy atom. The third kappa shape index (κ3) is 5.75. The van der Waals surface area contributed by atoms with Crippen molar-refractivity contribution in [2.24, 2.45) is 0 Å². The summed E-state index contributed by atoms with van der Waals surface area (Å²) in [7, 11) is 1.82. The van der Waals surface area contributed by atoms with Crippen LogP contribution in [0.2, 0.25) is 0 Å². The number of nitrogens with zero attached hydrogens (tertiary/aromatic N) is 1. The second kappa shape index (κ2) is 7.56. The number of amides is 1. The van der Waals surface area contributed by atoms with Crippen molar-refractivity contribution in [2.45, 2.75) is 32.7 Å². The van der Waals surface area contributed by atoms with Gasteiger partial charge in [-0.2, -0.15) is 0 Å². The standard InChI is InChI=1S/C11H22N2O/c1-5-7-8-10(3)12-9-11(14)13(4)6-2/h5,10,12H,1,6-9H2,2-4H3.